The highest BCUT2D eigenvalue weighted by Crippen LogP contribution is 2.57. The predicted octanol–water partition coefficient (Wildman–Crippen LogP) is 2.06. The quantitative estimate of drug-likeness (QED) is 0.801. The van der Waals surface area contributed by atoms with E-state index >= 15 is 0 Å². The van der Waals surface area contributed by atoms with Gasteiger partial charge in [0.15, 0.2) is 0 Å². The molecule has 0 aromatic carbocycles. The zero-order chi connectivity index (χ0) is 11.2. The normalized spacial score (nSPS) is 24.9. The van der Waals surface area contributed by atoms with Crippen molar-refractivity contribution in [1.82, 2.24) is 0 Å². The Morgan fingerprint density at radius 3 is 2.60 bits per heavy atom. The molecule has 1 aliphatic carbocycles. The summed E-state index contributed by atoms with van der Waals surface area (Å²) in [6, 6.07) is 2.90. The molecule has 1 aliphatic rings. The molecule has 4 nitrogen and oxygen atoms in total. The van der Waals surface area contributed by atoms with E-state index in [1.807, 2.05) is 0 Å². The molecule has 2 rings (SSSR count). The van der Waals surface area contributed by atoms with Gasteiger partial charge in [0.2, 0.25) is 5.76 Å². The number of furan rings is 1. The molecule has 2 unspecified atom stereocenters. The summed E-state index contributed by atoms with van der Waals surface area (Å²) in [6.07, 6.45) is 0.255. The zero-order valence-corrected chi connectivity index (χ0v) is 8.73. The third-order valence-corrected chi connectivity index (χ3v) is 3.10. The zero-order valence-electron chi connectivity index (χ0n) is 8.73. The molecule has 1 aromatic rings. The summed E-state index contributed by atoms with van der Waals surface area (Å²) in [4.78, 5) is 10.6. The van der Waals surface area contributed by atoms with Gasteiger partial charge in [-0.3, -0.25) is 0 Å². The first kappa shape index (κ1) is 10.2. The number of aromatic carboxylic acids is 1. The third-order valence-electron chi connectivity index (χ3n) is 3.10. The number of hydrogen-bond donors (Lipinski definition) is 2. The Hall–Kier alpha value is -1.29. The number of carbonyl (C=O) groups is 1. The van der Waals surface area contributed by atoms with E-state index in [0.29, 0.717) is 5.76 Å². The Balaban J connectivity index is 2.13. The second-order valence-electron chi connectivity index (χ2n) is 4.75. The largest absolute Gasteiger partial charge is 0.475 e. The van der Waals surface area contributed by atoms with Crippen molar-refractivity contribution in [3.8, 4) is 0 Å². The number of rotatable bonds is 3. The first-order valence-electron chi connectivity index (χ1n) is 4.93. The van der Waals surface area contributed by atoms with Gasteiger partial charge in [0.05, 0.1) is 0 Å². The van der Waals surface area contributed by atoms with Crippen LogP contribution in [0.5, 0.6) is 0 Å². The average Bonchev–Trinajstić information content (AvgIpc) is 2.65. The molecular weight excluding hydrogens is 196 g/mol. The smallest absolute Gasteiger partial charge is 0.371 e. The Bertz CT molecular complexity index is 391. The van der Waals surface area contributed by atoms with Crippen molar-refractivity contribution in [2.24, 2.45) is 11.3 Å². The van der Waals surface area contributed by atoms with E-state index in [1.54, 1.807) is 0 Å². The van der Waals surface area contributed by atoms with Gasteiger partial charge in [0.25, 0.3) is 0 Å². The molecule has 1 fully saturated rings. The van der Waals surface area contributed by atoms with Crippen molar-refractivity contribution in [2.75, 3.05) is 0 Å². The molecule has 0 amide bonds. The van der Waals surface area contributed by atoms with Crippen molar-refractivity contribution < 1.29 is 19.4 Å². The standard InChI is InChI=1S/C11H14O4/c1-11(2)5-6(11)9(12)7-3-4-8(15-7)10(13)14/h3-4,6,9,12H,5H2,1-2H3,(H,13,14). The van der Waals surface area contributed by atoms with E-state index in [9.17, 15) is 9.90 Å². The van der Waals surface area contributed by atoms with Crippen LogP contribution in [0.2, 0.25) is 0 Å². The molecule has 4 heteroatoms. The summed E-state index contributed by atoms with van der Waals surface area (Å²) in [7, 11) is 0. The monoisotopic (exact) mass is 210 g/mol. The number of carboxylic acid groups (broad SMARTS) is 1. The van der Waals surface area contributed by atoms with Crippen LogP contribution >= 0.6 is 0 Å². The molecule has 0 radical (unpaired) electrons. The van der Waals surface area contributed by atoms with Crippen molar-refractivity contribution in [3.63, 3.8) is 0 Å². The van der Waals surface area contributed by atoms with Crippen LogP contribution in [0.15, 0.2) is 16.5 Å². The van der Waals surface area contributed by atoms with Crippen molar-refractivity contribution >= 4 is 5.97 Å². The minimum absolute atomic E-state index is 0.123. The highest BCUT2D eigenvalue weighted by molar-refractivity contribution is 5.84. The summed E-state index contributed by atoms with van der Waals surface area (Å²) in [5, 5.41) is 18.6. The summed E-state index contributed by atoms with van der Waals surface area (Å²) < 4.78 is 5.05. The lowest BCUT2D eigenvalue weighted by molar-refractivity contribution is 0.0643. The highest BCUT2D eigenvalue weighted by Gasteiger charge is 2.51. The van der Waals surface area contributed by atoms with Gasteiger partial charge in [-0.15, -0.1) is 0 Å². The Morgan fingerprint density at radius 1 is 1.60 bits per heavy atom. The third kappa shape index (κ3) is 1.77. The van der Waals surface area contributed by atoms with Gasteiger partial charge in [-0.05, 0) is 29.9 Å². The summed E-state index contributed by atoms with van der Waals surface area (Å²) in [5.41, 5.74) is 0.135. The van der Waals surface area contributed by atoms with Crippen LogP contribution in [0.3, 0.4) is 0 Å². The number of aliphatic hydroxyl groups is 1. The number of aliphatic hydroxyl groups excluding tert-OH is 1. The maximum Gasteiger partial charge on any atom is 0.371 e. The molecule has 0 saturated heterocycles. The first-order chi connectivity index (χ1) is 6.92. The molecule has 82 valence electrons. The number of carboxylic acids is 1. The maximum atomic E-state index is 10.6. The van der Waals surface area contributed by atoms with Gasteiger partial charge in [-0.1, -0.05) is 13.8 Å². The van der Waals surface area contributed by atoms with Gasteiger partial charge in [-0.2, -0.15) is 0 Å². The van der Waals surface area contributed by atoms with Gasteiger partial charge in [-0.25, -0.2) is 4.79 Å². The highest BCUT2D eigenvalue weighted by atomic mass is 16.4. The second kappa shape index (κ2) is 3.10. The van der Waals surface area contributed by atoms with Gasteiger partial charge >= 0.3 is 5.97 Å². The Labute approximate surface area is 87.5 Å². The van der Waals surface area contributed by atoms with Crippen molar-refractivity contribution in [3.05, 3.63) is 23.7 Å². The lowest BCUT2D eigenvalue weighted by Crippen LogP contribution is -2.03. The van der Waals surface area contributed by atoms with E-state index in [0.717, 1.165) is 6.42 Å². The second-order valence-corrected chi connectivity index (χ2v) is 4.75. The molecule has 2 N–H and O–H groups in total. The van der Waals surface area contributed by atoms with E-state index < -0.39 is 12.1 Å². The van der Waals surface area contributed by atoms with Crippen LogP contribution in [0, 0.1) is 11.3 Å². The van der Waals surface area contributed by atoms with Gasteiger partial charge < -0.3 is 14.6 Å². The van der Waals surface area contributed by atoms with Crippen molar-refractivity contribution in [1.29, 1.82) is 0 Å². The molecule has 1 heterocycles. The molecule has 0 bridgehead atoms. The van der Waals surface area contributed by atoms with E-state index in [4.69, 9.17) is 9.52 Å². The van der Waals surface area contributed by atoms with Crippen molar-refractivity contribution in [2.45, 2.75) is 26.4 Å². The Morgan fingerprint density at radius 2 is 2.20 bits per heavy atom. The van der Waals surface area contributed by atoms with Crippen LogP contribution in [-0.4, -0.2) is 16.2 Å². The fraction of sp³-hybridized carbons (Fsp3) is 0.545. The van der Waals surface area contributed by atoms with E-state index in [-0.39, 0.29) is 17.1 Å². The molecule has 1 aromatic heterocycles. The predicted molar refractivity (Wildman–Crippen MR) is 52.5 cm³/mol. The molecular formula is C11H14O4. The molecule has 0 aliphatic heterocycles. The molecule has 15 heavy (non-hydrogen) atoms. The topological polar surface area (TPSA) is 70.7 Å². The summed E-state index contributed by atoms with van der Waals surface area (Å²) in [5.74, 6) is -0.709. The summed E-state index contributed by atoms with van der Waals surface area (Å²) >= 11 is 0. The van der Waals surface area contributed by atoms with Crippen LogP contribution in [0.1, 0.15) is 42.7 Å². The SMILES string of the molecule is CC1(C)CC1C(O)c1ccc(C(=O)O)o1. The minimum Gasteiger partial charge on any atom is -0.475 e. The van der Waals surface area contributed by atoms with Crippen LogP contribution in [0.25, 0.3) is 0 Å². The van der Waals surface area contributed by atoms with Crippen LogP contribution in [0.4, 0.5) is 0 Å². The van der Waals surface area contributed by atoms with E-state index in [2.05, 4.69) is 13.8 Å². The maximum absolute atomic E-state index is 10.6. The fourth-order valence-electron chi connectivity index (χ4n) is 1.87. The van der Waals surface area contributed by atoms with Gasteiger partial charge in [0, 0.05) is 0 Å². The summed E-state index contributed by atoms with van der Waals surface area (Å²) in [6.45, 7) is 4.14. The van der Waals surface area contributed by atoms with E-state index in [1.165, 1.54) is 12.1 Å². The molecule has 0 spiro atoms. The van der Waals surface area contributed by atoms with Crippen LogP contribution in [-0.2, 0) is 0 Å². The lowest BCUT2D eigenvalue weighted by Gasteiger charge is -2.08. The number of hydrogen-bond acceptors (Lipinski definition) is 3. The average molecular weight is 210 g/mol. The lowest BCUT2D eigenvalue weighted by atomic mass is 10.0. The minimum atomic E-state index is -1.11. The molecule has 2 atom stereocenters. The molecule has 1 saturated carbocycles. The fourth-order valence-corrected chi connectivity index (χ4v) is 1.87. The van der Waals surface area contributed by atoms with Crippen LogP contribution < -0.4 is 0 Å². The Kier molecular flexibility index (Phi) is 2.12. The first-order valence-corrected chi connectivity index (χ1v) is 4.93. The van der Waals surface area contributed by atoms with Gasteiger partial charge in [0.1, 0.15) is 11.9 Å².